The first kappa shape index (κ1) is 18.1. The summed E-state index contributed by atoms with van der Waals surface area (Å²) in [6, 6.07) is 7.58. The second kappa shape index (κ2) is 7.09. The number of nitrogens with one attached hydrogen (secondary N) is 1. The minimum Gasteiger partial charge on any atom is -0.481 e. The quantitative estimate of drug-likeness (QED) is 0.786. The van der Waals surface area contributed by atoms with Crippen molar-refractivity contribution in [3.05, 3.63) is 58.9 Å². The van der Waals surface area contributed by atoms with Gasteiger partial charge in [0.25, 0.3) is 5.91 Å². The van der Waals surface area contributed by atoms with Crippen molar-refractivity contribution in [1.29, 1.82) is 0 Å². The summed E-state index contributed by atoms with van der Waals surface area (Å²) in [5, 5.41) is 2.25. The van der Waals surface area contributed by atoms with Crippen LogP contribution in [0.4, 0.5) is 23.2 Å². The number of hydrogen-bond acceptors (Lipinski definition) is 2. The summed E-state index contributed by atoms with van der Waals surface area (Å²) >= 11 is 5.81. The van der Waals surface area contributed by atoms with E-state index in [1.54, 1.807) is 0 Å². The fourth-order valence-corrected chi connectivity index (χ4v) is 1.97. The Hall–Kier alpha value is -2.28. The Kier molecular flexibility index (Phi) is 5.33. The largest absolute Gasteiger partial charge is 0.481 e. The highest BCUT2D eigenvalue weighted by Crippen LogP contribution is 2.33. The van der Waals surface area contributed by atoms with Gasteiger partial charge in [0.15, 0.2) is 6.10 Å². The predicted molar refractivity (Wildman–Crippen MR) is 81.6 cm³/mol. The van der Waals surface area contributed by atoms with Gasteiger partial charge in [0.2, 0.25) is 0 Å². The molecule has 2 aromatic rings. The fraction of sp³-hybridized carbons (Fsp3) is 0.188. The van der Waals surface area contributed by atoms with Crippen LogP contribution in [0.25, 0.3) is 0 Å². The first-order valence-electron chi connectivity index (χ1n) is 6.76. The van der Waals surface area contributed by atoms with E-state index in [2.05, 4.69) is 5.32 Å². The van der Waals surface area contributed by atoms with Gasteiger partial charge in [0, 0.05) is 0 Å². The number of hydrogen-bond donors (Lipinski definition) is 1. The lowest BCUT2D eigenvalue weighted by atomic mass is 10.2. The SMILES string of the molecule is CC(Oc1ccc(F)cc1)C(=O)Nc1cc(C(F)(F)F)ccc1Cl. The summed E-state index contributed by atoms with van der Waals surface area (Å²) in [5.74, 6) is -0.912. The van der Waals surface area contributed by atoms with Crippen LogP contribution in [0.15, 0.2) is 42.5 Å². The molecule has 0 aliphatic rings. The molecule has 2 rings (SSSR count). The van der Waals surface area contributed by atoms with E-state index < -0.39 is 29.6 Å². The maximum Gasteiger partial charge on any atom is 0.416 e. The summed E-state index contributed by atoms with van der Waals surface area (Å²) in [7, 11) is 0. The van der Waals surface area contributed by atoms with Crippen molar-refractivity contribution in [2.75, 3.05) is 5.32 Å². The number of anilines is 1. The monoisotopic (exact) mass is 361 g/mol. The molecule has 1 atom stereocenters. The van der Waals surface area contributed by atoms with Crippen molar-refractivity contribution < 1.29 is 27.1 Å². The van der Waals surface area contributed by atoms with Crippen molar-refractivity contribution >= 4 is 23.2 Å². The molecule has 0 aromatic heterocycles. The second-order valence-electron chi connectivity index (χ2n) is 4.90. The lowest BCUT2D eigenvalue weighted by Gasteiger charge is -2.16. The van der Waals surface area contributed by atoms with Gasteiger partial charge in [0.05, 0.1) is 16.3 Å². The van der Waals surface area contributed by atoms with Gasteiger partial charge in [0.1, 0.15) is 11.6 Å². The van der Waals surface area contributed by atoms with Crippen LogP contribution >= 0.6 is 11.6 Å². The molecule has 8 heteroatoms. The van der Waals surface area contributed by atoms with E-state index >= 15 is 0 Å². The second-order valence-corrected chi connectivity index (χ2v) is 5.30. The van der Waals surface area contributed by atoms with Crippen molar-refractivity contribution in [1.82, 2.24) is 0 Å². The van der Waals surface area contributed by atoms with Crippen molar-refractivity contribution in [2.45, 2.75) is 19.2 Å². The average molecular weight is 362 g/mol. The molecular formula is C16H12ClF4NO2. The van der Waals surface area contributed by atoms with E-state index in [1.807, 2.05) is 0 Å². The van der Waals surface area contributed by atoms with Crippen LogP contribution in [0, 0.1) is 5.82 Å². The van der Waals surface area contributed by atoms with E-state index in [1.165, 1.54) is 19.1 Å². The van der Waals surface area contributed by atoms with E-state index in [0.29, 0.717) is 0 Å². The van der Waals surface area contributed by atoms with Gasteiger partial charge in [-0.05, 0) is 49.4 Å². The number of carbonyl (C=O) groups is 1. The number of alkyl halides is 3. The molecule has 24 heavy (non-hydrogen) atoms. The van der Waals surface area contributed by atoms with Crippen LogP contribution in [0.3, 0.4) is 0 Å². The molecule has 0 heterocycles. The highest BCUT2D eigenvalue weighted by molar-refractivity contribution is 6.33. The van der Waals surface area contributed by atoms with Gasteiger partial charge in [-0.3, -0.25) is 4.79 Å². The van der Waals surface area contributed by atoms with Gasteiger partial charge in [-0.25, -0.2) is 4.39 Å². The lowest BCUT2D eigenvalue weighted by Crippen LogP contribution is -2.30. The Morgan fingerprint density at radius 1 is 1.17 bits per heavy atom. The molecule has 0 saturated heterocycles. The van der Waals surface area contributed by atoms with Gasteiger partial charge in [-0.2, -0.15) is 13.2 Å². The van der Waals surface area contributed by atoms with E-state index in [0.717, 1.165) is 30.3 Å². The molecule has 0 radical (unpaired) electrons. The van der Waals surface area contributed by atoms with E-state index in [4.69, 9.17) is 16.3 Å². The molecule has 0 aliphatic heterocycles. The third-order valence-corrected chi connectivity index (χ3v) is 3.38. The highest BCUT2D eigenvalue weighted by Gasteiger charge is 2.31. The predicted octanol–water partition coefficient (Wildman–Crippen LogP) is 4.90. The number of ether oxygens (including phenoxy) is 1. The molecule has 1 amide bonds. The van der Waals surface area contributed by atoms with Crippen LogP contribution < -0.4 is 10.1 Å². The Labute approximate surface area is 140 Å². The van der Waals surface area contributed by atoms with Crippen LogP contribution in [0.1, 0.15) is 12.5 Å². The average Bonchev–Trinajstić information content (AvgIpc) is 2.50. The molecule has 128 valence electrons. The maximum atomic E-state index is 12.8. The summed E-state index contributed by atoms with van der Waals surface area (Å²) in [6.45, 7) is 1.40. The summed E-state index contributed by atoms with van der Waals surface area (Å²) in [5.41, 5.74) is -1.11. The molecule has 1 N–H and O–H groups in total. The minimum atomic E-state index is -4.56. The first-order valence-corrected chi connectivity index (χ1v) is 7.14. The Bertz CT molecular complexity index is 732. The molecule has 0 spiro atoms. The van der Waals surface area contributed by atoms with Crippen molar-refractivity contribution in [2.24, 2.45) is 0 Å². The van der Waals surface area contributed by atoms with Crippen LogP contribution in [-0.2, 0) is 11.0 Å². The van der Waals surface area contributed by atoms with Crippen LogP contribution in [0.5, 0.6) is 5.75 Å². The van der Waals surface area contributed by atoms with Crippen molar-refractivity contribution in [3.63, 3.8) is 0 Å². The van der Waals surface area contributed by atoms with E-state index in [-0.39, 0.29) is 16.5 Å². The molecular weight excluding hydrogens is 350 g/mol. The zero-order chi connectivity index (χ0) is 17.9. The molecule has 0 bridgehead atoms. The van der Waals surface area contributed by atoms with Gasteiger partial charge < -0.3 is 10.1 Å². The molecule has 2 aromatic carbocycles. The molecule has 1 unspecified atom stereocenters. The topological polar surface area (TPSA) is 38.3 Å². The summed E-state index contributed by atoms with van der Waals surface area (Å²) in [4.78, 5) is 12.0. The normalized spacial score (nSPS) is 12.6. The Morgan fingerprint density at radius 2 is 1.79 bits per heavy atom. The lowest BCUT2D eigenvalue weighted by molar-refractivity contribution is -0.137. The van der Waals surface area contributed by atoms with E-state index in [9.17, 15) is 22.4 Å². The molecule has 0 aliphatic carbocycles. The number of amides is 1. The minimum absolute atomic E-state index is 0.0367. The standard InChI is InChI=1S/C16H12ClF4NO2/c1-9(24-12-5-3-11(18)4-6-12)15(23)22-14-8-10(16(19,20)21)2-7-13(14)17/h2-9H,1H3,(H,22,23). The fourth-order valence-electron chi connectivity index (χ4n) is 1.80. The number of halogens is 5. The first-order chi connectivity index (χ1) is 11.2. The summed E-state index contributed by atoms with van der Waals surface area (Å²) < 4.78 is 56.2. The van der Waals surface area contributed by atoms with Crippen LogP contribution in [-0.4, -0.2) is 12.0 Å². The zero-order valence-corrected chi connectivity index (χ0v) is 13.1. The number of rotatable bonds is 4. The highest BCUT2D eigenvalue weighted by atomic mass is 35.5. The molecule has 3 nitrogen and oxygen atoms in total. The maximum absolute atomic E-state index is 12.8. The zero-order valence-electron chi connectivity index (χ0n) is 12.3. The Balaban J connectivity index is 2.09. The Morgan fingerprint density at radius 3 is 2.38 bits per heavy atom. The molecule has 0 fully saturated rings. The van der Waals surface area contributed by atoms with Gasteiger partial charge in [-0.1, -0.05) is 11.6 Å². The van der Waals surface area contributed by atoms with Gasteiger partial charge in [-0.15, -0.1) is 0 Å². The third kappa shape index (κ3) is 4.61. The third-order valence-electron chi connectivity index (χ3n) is 3.05. The number of benzene rings is 2. The van der Waals surface area contributed by atoms with Crippen LogP contribution in [0.2, 0.25) is 5.02 Å². The molecule has 0 saturated carbocycles. The van der Waals surface area contributed by atoms with Crippen molar-refractivity contribution in [3.8, 4) is 5.75 Å². The summed E-state index contributed by atoms with van der Waals surface area (Å²) in [6.07, 6.45) is -5.58. The number of carbonyl (C=O) groups excluding carboxylic acids is 1. The smallest absolute Gasteiger partial charge is 0.416 e. The van der Waals surface area contributed by atoms with Gasteiger partial charge >= 0.3 is 6.18 Å².